The number of nitrogens with zero attached hydrogens (tertiary/aromatic N) is 4. The number of benzene rings is 1. The number of carboxylic acids is 4. The summed E-state index contributed by atoms with van der Waals surface area (Å²) in [4.78, 5) is 53.0. The van der Waals surface area contributed by atoms with E-state index in [4.69, 9.17) is 18.9 Å². The standard InChI is InChI=1S/C31H50N4O12.Gd/c1-2-44-15-16-45-17-18-46-19-20-47-26-5-3-25(4-6-26)21-27(31(42)43)35-13-11-33(23-29(38)39)9-7-32(22-28(36)37)8-10-34(12-14-35)24-30(40)41;/h3-6,27H,2,7-24H2,1H3,(H,36,37)(H,38,39)(H,40,41)(H,42,43);/q;+3/p-3/t27-;/m1./s1. The summed E-state index contributed by atoms with van der Waals surface area (Å²) in [6.07, 6.45) is 0.127. The van der Waals surface area contributed by atoms with E-state index < -0.39 is 49.6 Å². The van der Waals surface area contributed by atoms with E-state index in [0.29, 0.717) is 52.0 Å². The van der Waals surface area contributed by atoms with Crippen LogP contribution >= 0.6 is 0 Å². The third-order valence-corrected chi connectivity index (χ3v) is 7.45. The minimum absolute atomic E-state index is 0. The maximum atomic E-state index is 12.5. The maximum absolute atomic E-state index is 12.5. The van der Waals surface area contributed by atoms with Gasteiger partial charge >= 0.3 is 45.9 Å². The number of carbonyl (C=O) groups is 4. The number of carbonyl (C=O) groups excluding carboxylic acids is 3. The van der Waals surface area contributed by atoms with Crippen LogP contribution in [0, 0.1) is 39.9 Å². The van der Waals surface area contributed by atoms with Crippen LogP contribution in [0.4, 0.5) is 0 Å². The molecule has 271 valence electrons. The van der Waals surface area contributed by atoms with Crippen LogP contribution in [0.25, 0.3) is 0 Å². The molecule has 0 spiro atoms. The Balaban J connectivity index is 0.0000115. The monoisotopic (exact) mass is 825 g/mol. The smallest absolute Gasteiger partial charge is 0.549 e. The summed E-state index contributed by atoms with van der Waals surface area (Å²) < 4.78 is 21.8. The van der Waals surface area contributed by atoms with Crippen LogP contribution in [0.5, 0.6) is 5.75 Å². The summed E-state index contributed by atoms with van der Waals surface area (Å²) in [5.41, 5.74) is 0.729. The molecule has 1 fully saturated rings. The summed E-state index contributed by atoms with van der Waals surface area (Å²) >= 11 is 0. The van der Waals surface area contributed by atoms with Crippen molar-refractivity contribution >= 4 is 23.9 Å². The third kappa shape index (κ3) is 19.8. The van der Waals surface area contributed by atoms with E-state index in [1.54, 1.807) is 43.9 Å². The second kappa shape index (κ2) is 25.9. The zero-order valence-electron chi connectivity index (χ0n) is 27.4. The summed E-state index contributed by atoms with van der Waals surface area (Å²) in [6, 6.07) is 6.02. The second-order valence-corrected chi connectivity index (χ2v) is 11.0. The van der Waals surface area contributed by atoms with Gasteiger partial charge in [-0.3, -0.25) is 24.4 Å². The van der Waals surface area contributed by atoms with Gasteiger partial charge in [0, 0.05) is 78.6 Å². The Hall–Kier alpha value is -2.06. The topological polar surface area (TPSA) is 208 Å². The minimum Gasteiger partial charge on any atom is -0.549 e. The van der Waals surface area contributed by atoms with Crippen LogP contribution in [-0.4, -0.2) is 173 Å². The van der Waals surface area contributed by atoms with E-state index in [1.807, 2.05) is 6.92 Å². The van der Waals surface area contributed by atoms with Crippen LogP contribution in [0.15, 0.2) is 24.3 Å². The van der Waals surface area contributed by atoms with Crippen molar-refractivity contribution in [2.24, 2.45) is 0 Å². The second-order valence-electron chi connectivity index (χ2n) is 11.0. The molecular formula is C31H47GdN4O12. The van der Waals surface area contributed by atoms with Gasteiger partial charge in [0.1, 0.15) is 18.4 Å². The van der Waals surface area contributed by atoms with Crippen LogP contribution in [0.2, 0.25) is 0 Å². The molecule has 0 aromatic heterocycles. The van der Waals surface area contributed by atoms with Crippen molar-refractivity contribution in [1.29, 1.82) is 0 Å². The predicted molar refractivity (Wildman–Crippen MR) is 161 cm³/mol. The van der Waals surface area contributed by atoms with Crippen molar-refractivity contribution in [3.05, 3.63) is 29.8 Å². The van der Waals surface area contributed by atoms with Crippen molar-refractivity contribution in [2.45, 2.75) is 19.4 Å². The zero-order valence-corrected chi connectivity index (χ0v) is 29.7. The Morgan fingerprint density at radius 1 is 0.667 bits per heavy atom. The van der Waals surface area contributed by atoms with Gasteiger partial charge in [0.15, 0.2) is 0 Å². The zero-order chi connectivity index (χ0) is 34.4. The van der Waals surface area contributed by atoms with Crippen molar-refractivity contribution in [3.63, 3.8) is 0 Å². The molecule has 1 atom stereocenters. The average molecular weight is 825 g/mol. The van der Waals surface area contributed by atoms with Gasteiger partial charge in [0.25, 0.3) is 0 Å². The maximum Gasteiger partial charge on any atom is 3.00 e. The number of rotatable bonds is 21. The Kier molecular flexibility index (Phi) is 23.7. The Morgan fingerprint density at radius 3 is 1.46 bits per heavy atom. The molecule has 1 heterocycles. The fraction of sp³-hybridized carbons (Fsp3) is 0.677. The van der Waals surface area contributed by atoms with E-state index in [0.717, 1.165) is 5.56 Å². The fourth-order valence-corrected chi connectivity index (χ4v) is 5.01. The molecule has 0 amide bonds. The molecule has 0 aliphatic carbocycles. The van der Waals surface area contributed by atoms with E-state index in [9.17, 15) is 39.6 Å². The van der Waals surface area contributed by atoms with Crippen molar-refractivity contribution in [1.82, 2.24) is 19.6 Å². The molecule has 0 unspecified atom stereocenters. The van der Waals surface area contributed by atoms with Gasteiger partial charge in [-0.15, -0.1) is 0 Å². The van der Waals surface area contributed by atoms with Crippen molar-refractivity contribution in [3.8, 4) is 5.75 Å². The Morgan fingerprint density at radius 2 is 1.06 bits per heavy atom. The molecule has 2 rings (SSSR count). The van der Waals surface area contributed by atoms with E-state index >= 15 is 0 Å². The molecule has 17 heteroatoms. The average Bonchev–Trinajstić information content (AvgIpc) is 3.01. The number of carboxylic acid groups (broad SMARTS) is 4. The van der Waals surface area contributed by atoms with E-state index in [1.165, 1.54) is 0 Å². The molecule has 1 aliphatic heterocycles. The van der Waals surface area contributed by atoms with Gasteiger partial charge in [-0.25, -0.2) is 0 Å². The molecule has 48 heavy (non-hydrogen) atoms. The van der Waals surface area contributed by atoms with Gasteiger partial charge in [0.05, 0.1) is 50.9 Å². The van der Waals surface area contributed by atoms with Crippen molar-refractivity contribution < 1.29 is 98.5 Å². The summed E-state index contributed by atoms with van der Waals surface area (Å²) in [5.74, 6) is -4.45. The van der Waals surface area contributed by atoms with E-state index in [2.05, 4.69) is 0 Å². The van der Waals surface area contributed by atoms with Crippen LogP contribution in [0.3, 0.4) is 0 Å². The largest absolute Gasteiger partial charge is 3.00 e. The first-order valence-corrected chi connectivity index (χ1v) is 15.8. The van der Waals surface area contributed by atoms with Gasteiger partial charge in [-0.05, 0) is 31.0 Å². The number of hydrogen-bond acceptors (Lipinski definition) is 15. The first-order chi connectivity index (χ1) is 22.6. The number of hydrogen-bond donors (Lipinski definition) is 1. The van der Waals surface area contributed by atoms with Crippen LogP contribution in [-0.2, 0) is 39.8 Å². The Bertz CT molecular complexity index is 1050. The molecule has 1 aromatic rings. The van der Waals surface area contributed by atoms with Crippen LogP contribution < -0.4 is 20.1 Å². The molecule has 16 nitrogen and oxygen atoms in total. The molecular weight excluding hydrogens is 778 g/mol. The quantitative estimate of drug-likeness (QED) is 0.116. The minimum atomic E-state index is -1.32. The van der Waals surface area contributed by atoms with Gasteiger partial charge in [-0.2, -0.15) is 0 Å². The summed E-state index contributed by atoms with van der Waals surface area (Å²) in [5, 5.41) is 44.4. The Labute approximate surface area is 313 Å². The molecule has 1 N–H and O–H groups in total. The van der Waals surface area contributed by atoms with Crippen LogP contribution in [0.1, 0.15) is 12.5 Å². The van der Waals surface area contributed by atoms with E-state index in [-0.39, 0.29) is 98.7 Å². The van der Waals surface area contributed by atoms with Crippen molar-refractivity contribution in [2.75, 3.05) is 118 Å². The van der Waals surface area contributed by atoms with Gasteiger partial charge in [0.2, 0.25) is 0 Å². The normalized spacial score (nSPS) is 16.6. The molecule has 1 aliphatic rings. The van der Waals surface area contributed by atoms with Gasteiger partial charge < -0.3 is 53.8 Å². The summed E-state index contributed by atoms with van der Waals surface area (Å²) in [7, 11) is 0. The number of aliphatic carboxylic acids is 4. The SMILES string of the molecule is CCOCCOCCOCCOc1ccc(C[C@H](C(=O)O)N2CCN(CC(=O)[O-])CCN(CC(=O)[O-])CCN(CC(=O)[O-])CC2)cc1.[Gd+3]. The molecule has 1 aromatic carbocycles. The molecule has 1 saturated heterocycles. The third-order valence-electron chi connectivity index (χ3n) is 7.45. The summed E-state index contributed by atoms with van der Waals surface area (Å²) in [6.45, 7) is 5.25. The predicted octanol–water partition coefficient (Wildman–Crippen LogP) is -4.40. The molecule has 1 radical (unpaired) electrons. The molecule has 0 saturated carbocycles. The number of ether oxygens (including phenoxy) is 4. The van der Waals surface area contributed by atoms with Gasteiger partial charge in [-0.1, -0.05) is 12.1 Å². The first kappa shape index (κ1) is 44.0. The molecule has 0 bridgehead atoms. The first-order valence-electron chi connectivity index (χ1n) is 15.8. The fourth-order valence-electron chi connectivity index (χ4n) is 5.01.